The monoisotopic (exact) mass is 546 g/mol. The molecule has 0 radical (unpaired) electrons. The number of methoxy groups -OCH3 is 1. The normalized spacial score (nSPS) is 15.7. The maximum absolute atomic E-state index is 15.4. The molecule has 0 unspecified atom stereocenters. The van der Waals surface area contributed by atoms with Crippen molar-refractivity contribution in [1.29, 1.82) is 0 Å². The summed E-state index contributed by atoms with van der Waals surface area (Å²) in [6.07, 6.45) is 4.52. The number of carbonyl (C=O) groups is 1. The maximum Gasteiger partial charge on any atom is 0.228 e. The third-order valence-electron chi connectivity index (χ3n) is 7.29. The molecule has 0 saturated carbocycles. The van der Waals surface area contributed by atoms with Gasteiger partial charge in [0.15, 0.2) is 0 Å². The van der Waals surface area contributed by atoms with Gasteiger partial charge in [0, 0.05) is 79.4 Å². The highest BCUT2D eigenvalue weighted by Crippen LogP contribution is 2.40. The van der Waals surface area contributed by atoms with Crippen LogP contribution in [0.2, 0.25) is 0 Å². The van der Waals surface area contributed by atoms with Gasteiger partial charge in [0.1, 0.15) is 23.3 Å². The lowest BCUT2D eigenvalue weighted by Crippen LogP contribution is -2.36. The molecule has 2 aliphatic heterocycles. The summed E-state index contributed by atoms with van der Waals surface area (Å²) in [5.41, 5.74) is 3.23. The number of amides is 1. The second-order valence-corrected chi connectivity index (χ2v) is 9.77. The molecule has 3 aromatic heterocycles. The second kappa shape index (κ2) is 10.6. The fourth-order valence-corrected chi connectivity index (χ4v) is 5.22. The Morgan fingerprint density at radius 2 is 1.88 bits per heavy atom. The van der Waals surface area contributed by atoms with E-state index in [9.17, 15) is 9.18 Å². The highest BCUT2D eigenvalue weighted by atomic mass is 19.1. The predicted molar refractivity (Wildman–Crippen MR) is 148 cm³/mol. The van der Waals surface area contributed by atoms with Crippen LogP contribution in [0.3, 0.4) is 0 Å². The molecule has 1 N–H and O–H groups in total. The molecule has 0 atom stereocenters. The number of anilines is 4. The lowest BCUT2D eigenvalue weighted by atomic mass is 10.0. The quantitative estimate of drug-likeness (QED) is 0.362. The highest BCUT2D eigenvalue weighted by Gasteiger charge is 2.28. The average Bonchev–Trinajstić information content (AvgIpc) is 3.40. The fourth-order valence-electron chi connectivity index (χ4n) is 5.22. The SMILES string of the molecule is COc1ccc(-c2cnc(N3CCOCC3)cc2Nc2c(C)c(N3CCCC3=O)nc3cc(F)cc(F)c23)cn1. The third kappa shape index (κ3) is 4.77. The molecule has 2 fully saturated rings. The van der Waals surface area contributed by atoms with E-state index in [1.165, 1.54) is 6.07 Å². The van der Waals surface area contributed by atoms with Gasteiger partial charge >= 0.3 is 0 Å². The Morgan fingerprint density at radius 1 is 1.05 bits per heavy atom. The van der Waals surface area contributed by atoms with Gasteiger partial charge in [0.05, 0.1) is 42.6 Å². The van der Waals surface area contributed by atoms with Crippen molar-refractivity contribution in [2.45, 2.75) is 19.8 Å². The fraction of sp³-hybridized carbons (Fsp3) is 0.310. The van der Waals surface area contributed by atoms with E-state index in [0.29, 0.717) is 74.3 Å². The van der Waals surface area contributed by atoms with Crippen molar-refractivity contribution in [3.05, 3.63) is 59.9 Å². The number of fused-ring (bicyclic) bond motifs is 1. The van der Waals surface area contributed by atoms with Crippen LogP contribution in [0.15, 0.2) is 42.7 Å². The molecule has 2 aliphatic rings. The van der Waals surface area contributed by atoms with Crippen molar-refractivity contribution in [1.82, 2.24) is 15.0 Å². The molecule has 1 amide bonds. The minimum atomic E-state index is -0.748. The Hall–Kier alpha value is -4.38. The molecule has 206 valence electrons. The molecule has 4 aromatic rings. The number of nitrogens with one attached hydrogen (secondary N) is 1. The Kier molecular flexibility index (Phi) is 6.89. The van der Waals surface area contributed by atoms with Crippen molar-refractivity contribution in [2.75, 3.05) is 55.1 Å². The van der Waals surface area contributed by atoms with Gasteiger partial charge < -0.3 is 19.7 Å². The second-order valence-electron chi connectivity index (χ2n) is 9.77. The summed E-state index contributed by atoms with van der Waals surface area (Å²) in [6.45, 7) is 4.83. The number of hydrogen-bond acceptors (Lipinski definition) is 8. The molecule has 1 aromatic carbocycles. The Morgan fingerprint density at radius 3 is 2.58 bits per heavy atom. The van der Waals surface area contributed by atoms with Crippen molar-refractivity contribution >= 4 is 39.8 Å². The predicted octanol–water partition coefficient (Wildman–Crippen LogP) is 4.99. The minimum Gasteiger partial charge on any atom is -0.481 e. The molecule has 0 spiro atoms. The molecular weight excluding hydrogens is 518 g/mol. The molecule has 6 rings (SSSR count). The molecule has 0 aliphatic carbocycles. The summed E-state index contributed by atoms with van der Waals surface area (Å²) < 4.78 is 40.4. The number of hydrogen-bond donors (Lipinski definition) is 1. The van der Waals surface area contributed by atoms with Crippen LogP contribution in [0.1, 0.15) is 18.4 Å². The first-order valence-electron chi connectivity index (χ1n) is 13.1. The van der Waals surface area contributed by atoms with Crippen LogP contribution in [0, 0.1) is 18.6 Å². The van der Waals surface area contributed by atoms with Gasteiger partial charge in [-0.1, -0.05) is 0 Å². The number of aromatic nitrogens is 3. The Balaban J connectivity index is 1.54. The summed E-state index contributed by atoms with van der Waals surface area (Å²) in [5, 5.41) is 3.57. The zero-order valence-corrected chi connectivity index (χ0v) is 22.2. The van der Waals surface area contributed by atoms with Gasteiger partial charge in [0.2, 0.25) is 11.8 Å². The van der Waals surface area contributed by atoms with E-state index >= 15 is 4.39 Å². The van der Waals surface area contributed by atoms with Crippen LogP contribution in [-0.4, -0.2) is 60.8 Å². The molecule has 2 saturated heterocycles. The van der Waals surface area contributed by atoms with E-state index in [2.05, 4.69) is 20.2 Å². The number of halogens is 2. The molecule has 9 nitrogen and oxygen atoms in total. The number of ether oxygens (including phenoxy) is 2. The Bertz CT molecular complexity index is 1590. The van der Waals surface area contributed by atoms with Crippen molar-refractivity contribution in [3.63, 3.8) is 0 Å². The average molecular weight is 547 g/mol. The molecule has 0 bridgehead atoms. The van der Waals surface area contributed by atoms with E-state index in [1.807, 2.05) is 12.1 Å². The van der Waals surface area contributed by atoms with Crippen LogP contribution < -0.4 is 19.9 Å². The lowest BCUT2D eigenvalue weighted by Gasteiger charge is -2.29. The number of benzene rings is 1. The topological polar surface area (TPSA) is 92.7 Å². The summed E-state index contributed by atoms with van der Waals surface area (Å²) in [7, 11) is 1.55. The van der Waals surface area contributed by atoms with Crippen LogP contribution in [0.25, 0.3) is 22.0 Å². The van der Waals surface area contributed by atoms with E-state index < -0.39 is 11.6 Å². The summed E-state index contributed by atoms with van der Waals surface area (Å²) in [5.74, 6) is 0.0283. The number of nitrogens with zero attached hydrogens (tertiary/aromatic N) is 5. The zero-order valence-electron chi connectivity index (χ0n) is 22.2. The first-order chi connectivity index (χ1) is 19.4. The molecular formula is C29H28F2N6O3. The third-order valence-corrected chi connectivity index (χ3v) is 7.29. The van der Waals surface area contributed by atoms with E-state index in [-0.39, 0.29) is 16.8 Å². The lowest BCUT2D eigenvalue weighted by molar-refractivity contribution is -0.117. The highest BCUT2D eigenvalue weighted by molar-refractivity contribution is 6.03. The Labute approximate surface area is 229 Å². The number of carbonyl (C=O) groups excluding carboxylic acids is 1. The first-order valence-corrected chi connectivity index (χ1v) is 13.1. The maximum atomic E-state index is 15.4. The van der Waals surface area contributed by atoms with Crippen LogP contribution in [-0.2, 0) is 9.53 Å². The van der Waals surface area contributed by atoms with Crippen molar-refractivity contribution < 1.29 is 23.0 Å². The van der Waals surface area contributed by atoms with Crippen LogP contribution in [0.5, 0.6) is 5.88 Å². The molecule has 40 heavy (non-hydrogen) atoms. The standard InChI is InChI=1S/C29H28F2N6O3/c1-17-28(27-21(31)12-19(30)13-23(27)35-29(17)37-7-3-4-26(37)38)34-22-14-24(36-8-10-40-11-9-36)32-16-20(22)18-5-6-25(39-2)33-15-18/h5-6,12-16H,3-4,7-11H2,1-2H3,(H,32,34,35). The number of rotatable bonds is 6. The largest absolute Gasteiger partial charge is 0.481 e. The van der Waals surface area contributed by atoms with Gasteiger partial charge in [-0.2, -0.15) is 0 Å². The van der Waals surface area contributed by atoms with Gasteiger partial charge in [-0.15, -0.1) is 0 Å². The van der Waals surface area contributed by atoms with Gasteiger partial charge in [-0.25, -0.2) is 23.7 Å². The minimum absolute atomic E-state index is 0.0683. The first kappa shape index (κ1) is 25.9. The van der Waals surface area contributed by atoms with Gasteiger partial charge in [-0.05, 0) is 19.4 Å². The van der Waals surface area contributed by atoms with Gasteiger partial charge in [-0.3, -0.25) is 9.69 Å². The molecule has 5 heterocycles. The van der Waals surface area contributed by atoms with Crippen molar-refractivity contribution in [2.24, 2.45) is 0 Å². The number of morpholine rings is 1. The molecule has 11 heteroatoms. The van der Waals surface area contributed by atoms with E-state index in [1.54, 1.807) is 37.4 Å². The summed E-state index contributed by atoms with van der Waals surface area (Å²) in [6, 6.07) is 7.55. The summed E-state index contributed by atoms with van der Waals surface area (Å²) in [4.78, 5) is 30.0. The summed E-state index contributed by atoms with van der Waals surface area (Å²) >= 11 is 0. The van der Waals surface area contributed by atoms with E-state index in [4.69, 9.17) is 14.5 Å². The smallest absolute Gasteiger partial charge is 0.228 e. The zero-order chi connectivity index (χ0) is 27.8. The van der Waals surface area contributed by atoms with Crippen LogP contribution >= 0.6 is 0 Å². The van der Waals surface area contributed by atoms with Crippen molar-refractivity contribution in [3.8, 4) is 17.0 Å². The van der Waals surface area contributed by atoms with E-state index in [0.717, 1.165) is 23.0 Å². The number of pyridine rings is 3. The van der Waals surface area contributed by atoms with Crippen LogP contribution in [0.4, 0.5) is 31.8 Å². The van der Waals surface area contributed by atoms with Gasteiger partial charge in [0.25, 0.3) is 0 Å².